The SMILES string of the molecule is CN(C(=O)OC(C)(C)C)c1cc(Cl)nc2c(C(=O)NC3CC3)cnn12.CNc1cc(Nc2cccn(-c3ncc(C)s3)c2=O)nc2c(C(=O)NC3CC3)cnn12.Cc1cnc(-n2cccc(N)c2=O)s1.Cc1cnc(-n2cccc(Nc3cc(N(C)C(=O)OC(C)(C)C)n4ncc(C(=O)NC5CC5)c4n3)c2=O)s1. The number of nitrogens with zero attached hydrogens (tertiary/aromatic N) is 17. The third-order valence-electron chi connectivity index (χ3n) is 15.9. The predicted octanol–water partition coefficient (Wildman–Crippen LogP) is 9.81. The molecule has 0 bridgehead atoms. The van der Waals surface area contributed by atoms with E-state index >= 15 is 0 Å². The number of anilines is 8. The molecule has 3 aliphatic carbocycles. The van der Waals surface area contributed by atoms with E-state index in [1.54, 1.807) is 153 Å². The summed E-state index contributed by atoms with van der Waals surface area (Å²) in [6.07, 6.45) is 19.1. The number of aromatic nitrogens is 15. The number of nitrogens with two attached hydrogens (primary N) is 1. The zero-order valence-electron chi connectivity index (χ0n) is 60.7. The molecular weight excluding hydrogens is 1470 g/mol. The molecule has 38 heteroatoms. The third-order valence-corrected chi connectivity index (χ3v) is 18.9. The third kappa shape index (κ3) is 17.9. The Morgan fingerprint density at radius 2 is 0.880 bits per heavy atom. The molecular formula is C70H77ClN24O10S3. The number of carbonyl (C=O) groups is 5. The summed E-state index contributed by atoms with van der Waals surface area (Å²) in [5.74, 6) is 1.18. The Balaban J connectivity index is 0.000000141. The van der Waals surface area contributed by atoms with Crippen LogP contribution in [0.2, 0.25) is 5.15 Å². The molecule has 3 saturated carbocycles. The lowest BCUT2D eigenvalue weighted by Crippen LogP contribution is -2.35. The van der Waals surface area contributed by atoms with Crippen molar-refractivity contribution in [1.82, 2.24) is 88.4 Å². The van der Waals surface area contributed by atoms with Gasteiger partial charge in [0.15, 0.2) is 32.3 Å². The van der Waals surface area contributed by atoms with E-state index in [9.17, 15) is 38.4 Å². The Labute approximate surface area is 633 Å². The van der Waals surface area contributed by atoms with Gasteiger partial charge in [-0.2, -0.15) is 28.8 Å². The Morgan fingerprint density at radius 3 is 1.26 bits per heavy atom. The topological polar surface area (TPSA) is 404 Å². The molecule has 12 aromatic heterocycles. The van der Waals surface area contributed by atoms with E-state index in [1.165, 1.54) is 91.2 Å². The highest BCUT2D eigenvalue weighted by Crippen LogP contribution is 2.30. The summed E-state index contributed by atoms with van der Waals surface area (Å²) < 4.78 is 19.6. The molecule has 108 heavy (non-hydrogen) atoms. The maximum Gasteiger partial charge on any atom is 0.415 e. The van der Waals surface area contributed by atoms with Gasteiger partial charge in [0.05, 0.1) is 24.3 Å². The van der Waals surface area contributed by atoms with Crippen LogP contribution in [0.5, 0.6) is 0 Å². The average Bonchev–Trinajstić information content (AvgIpc) is 1.51. The first-order valence-electron chi connectivity index (χ1n) is 34.0. The first kappa shape index (κ1) is 75.7. The van der Waals surface area contributed by atoms with E-state index in [4.69, 9.17) is 26.8 Å². The molecule has 8 N–H and O–H groups in total. The smallest absolute Gasteiger partial charge is 0.415 e. The van der Waals surface area contributed by atoms with Gasteiger partial charge in [-0.05, 0) is 137 Å². The normalized spacial score (nSPS) is 13.2. The lowest BCUT2D eigenvalue weighted by atomic mass is 10.2. The molecule has 0 saturated heterocycles. The summed E-state index contributed by atoms with van der Waals surface area (Å²) in [5.41, 5.74) is 6.05. The Morgan fingerprint density at radius 1 is 0.519 bits per heavy atom. The molecule has 0 atom stereocenters. The van der Waals surface area contributed by atoms with Gasteiger partial charge in [0.25, 0.3) is 34.4 Å². The maximum absolute atomic E-state index is 13.3. The number of nitrogen functional groups attached to an aromatic ring is 1. The van der Waals surface area contributed by atoms with Crippen LogP contribution >= 0.6 is 45.6 Å². The van der Waals surface area contributed by atoms with Crippen LogP contribution in [0.4, 0.5) is 55.7 Å². The van der Waals surface area contributed by atoms with Crippen LogP contribution in [0.25, 0.3) is 32.3 Å². The van der Waals surface area contributed by atoms with E-state index in [2.05, 4.69) is 77.1 Å². The van der Waals surface area contributed by atoms with Gasteiger partial charge in [-0.1, -0.05) is 11.6 Å². The zero-order valence-corrected chi connectivity index (χ0v) is 63.9. The van der Waals surface area contributed by atoms with Crippen LogP contribution < -0.4 is 64.1 Å². The van der Waals surface area contributed by atoms with Crippen molar-refractivity contribution in [3.8, 4) is 15.4 Å². The minimum Gasteiger partial charge on any atom is -0.443 e. The second-order valence-corrected chi connectivity index (χ2v) is 31.3. The number of ether oxygens (including phenoxy) is 2. The van der Waals surface area contributed by atoms with Crippen LogP contribution in [0.15, 0.2) is 125 Å². The van der Waals surface area contributed by atoms with E-state index < -0.39 is 23.4 Å². The molecule has 0 aliphatic heterocycles. The number of hydrogen-bond donors (Lipinski definition) is 7. The summed E-state index contributed by atoms with van der Waals surface area (Å²) in [6, 6.07) is 15.5. The van der Waals surface area contributed by atoms with Crippen molar-refractivity contribution in [2.24, 2.45) is 0 Å². The lowest BCUT2D eigenvalue weighted by Gasteiger charge is -2.25. The highest BCUT2D eigenvalue weighted by atomic mass is 35.5. The molecule has 5 amide bonds. The zero-order chi connectivity index (χ0) is 77.2. The van der Waals surface area contributed by atoms with E-state index in [-0.39, 0.29) is 91.7 Å². The molecule has 15 rings (SSSR count). The number of pyridine rings is 3. The molecule has 0 spiro atoms. The van der Waals surface area contributed by atoms with Gasteiger partial charge >= 0.3 is 12.2 Å². The number of aryl methyl sites for hydroxylation is 3. The Hall–Kier alpha value is -12.0. The molecule has 12 aromatic rings. The number of hydrogen-bond acceptors (Lipinski definition) is 26. The van der Waals surface area contributed by atoms with Crippen molar-refractivity contribution < 1.29 is 33.4 Å². The van der Waals surface area contributed by atoms with E-state index in [1.807, 2.05) is 20.8 Å². The molecule has 3 aliphatic rings. The fourth-order valence-electron chi connectivity index (χ4n) is 10.2. The number of carbonyl (C=O) groups excluding carboxylic acids is 5. The summed E-state index contributed by atoms with van der Waals surface area (Å²) in [5, 5.41) is 32.7. The first-order chi connectivity index (χ1) is 51.4. The van der Waals surface area contributed by atoms with E-state index in [0.717, 1.165) is 53.2 Å². The number of thiazole rings is 3. The lowest BCUT2D eigenvalue weighted by molar-refractivity contribution is 0.0577. The standard InChI is InChI=1S/C25H28N8O4S.C20H20N8O2S.C16H20ClN5O3.C9H9N3OS/c1-14-12-26-23(38-14)32-10-6-7-17(22(32)35)29-18-11-19(31(5)24(36)37-25(2,3)4)33-20(30-18)16(13-27-33)21(34)28-15-8-9-15;1-11-9-22-20(31-11)27-7-3-4-14(19(27)30)25-15-8-16(21-2)28-17(26-15)13(10-23-28)18(29)24-12-5-6-12;1-16(2,3)25-15(24)21(4)12-7-11(17)20-13-10(8-18-22(12)13)14(23)19-9-5-6-9;1-6-5-11-9(14-6)12-4-2-3-7(10)8(12)13/h6-7,10-13,15H,8-9H2,1-5H3,(H,28,34)(H,29,30);3-4,7-10,12,21H,5-6H2,1-2H3,(H,24,29)(H,25,26);7-9H,5-6H2,1-4H3,(H,19,23);2-5H,10H2,1H3. The van der Waals surface area contributed by atoms with Crippen LogP contribution in [0.1, 0.15) is 126 Å². The second kappa shape index (κ2) is 31.2. The van der Waals surface area contributed by atoms with Gasteiger partial charge in [-0.25, -0.2) is 39.5 Å². The van der Waals surface area contributed by atoms with Crippen molar-refractivity contribution in [2.75, 3.05) is 52.6 Å². The number of fused-ring (bicyclic) bond motifs is 3. The maximum atomic E-state index is 13.3. The minimum absolute atomic E-state index is 0.139. The van der Waals surface area contributed by atoms with Gasteiger partial charge < -0.3 is 47.1 Å². The predicted molar refractivity (Wildman–Crippen MR) is 413 cm³/mol. The summed E-state index contributed by atoms with van der Waals surface area (Å²) in [6.45, 7) is 16.4. The van der Waals surface area contributed by atoms with E-state index in [0.29, 0.717) is 61.1 Å². The van der Waals surface area contributed by atoms with Gasteiger partial charge in [0.2, 0.25) is 0 Å². The molecule has 3 fully saturated rings. The van der Waals surface area contributed by atoms with Crippen molar-refractivity contribution >= 4 is 139 Å². The van der Waals surface area contributed by atoms with Crippen molar-refractivity contribution in [2.45, 2.75) is 130 Å². The Bertz CT molecular complexity index is 5610. The van der Waals surface area contributed by atoms with Gasteiger partial charge in [0.1, 0.15) is 73.5 Å². The Kier molecular flexibility index (Phi) is 21.9. The molecule has 0 radical (unpaired) electrons. The van der Waals surface area contributed by atoms with Gasteiger partial charge in [0, 0.05) is 109 Å². The molecule has 34 nitrogen and oxygen atoms in total. The van der Waals surface area contributed by atoms with Gasteiger partial charge in [-0.15, -0.1) is 34.0 Å². The number of halogens is 1. The second-order valence-electron chi connectivity index (χ2n) is 27.3. The van der Waals surface area contributed by atoms with Gasteiger partial charge in [-0.3, -0.25) is 52.3 Å². The van der Waals surface area contributed by atoms with Crippen LogP contribution in [-0.4, -0.2) is 153 Å². The fourth-order valence-corrected chi connectivity index (χ4v) is 12.6. The van der Waals surface area contributed by atoms with Crippen LogP contribution in [0.3, 0.4) is 0 Å². The van der Waals surface area contributed by atoms with Crippen molar-refractivity contribution in [3.63, 3.8) is 0 Å². The molecule has 0 unspecified atom stereocenters. The summed E-state index contributed by atoms with van der Waals surface area (Å²) in [7, 11) is 4.84. The summed E-state index contributed by atoms with van der Waals surface area (Å²) in [4.78, 5) is 133. The molecule has 12 heterocycles. The van der Waals surface area contributed by atoms with Crippen LogP contribution in [0, 0.1) is 20.8 Å². The van der Waals surface area contributed by atoms with Crippen LogP contribution in [-0.2, 0) is 9.47 Å². The highest BCUT2D eigenvalue weighted by Gasteiger charge is 2.32. The van der Waals surface area contributed by atoms with Crippen molar-refractivity contribution in [1.29, 1.82) is 0 Å². The number of nitrogens with one attached hydrogen (secondary N) is 6. The monoisotopic (exact) mass is 1540 g/mol. The first-order valence-corrected chi connectivity index (χ1v) is 36.8. The molecule has 562 valence electrons. The average molecular weight is 1550 g/mol. The highest BCUT2D eigenvalue weighted by molar-refractivity contribution is 7.14. The molecule has 0 aromatic carbocycles. The van der Waals surface area contributed by atoms with Crippen molar-refractivity contribution in [3.05, 3.63) is 178 Å². The largest absolute Gasteiger partial charge is 0.443 e. The fraction of sp³-hybridized carbons (Fsp3) is 0.329. The minimum atomic E-state index is -0.721. The quantitative estimate of drug-likeness (QED) is 0.0442. The number of rotatable bonds is 16. The number of amides is 5. The summed E-state index contributed by atoms with van der Waals surface area (Å²) >= 11 is 10.4.